The van der Waals surface area contributed by atoms with Crippen LogP contribution in [0.3, 0.4) is 0 Å². The van der Waals surface area contributed by atoms with Gasteiger partial charge in [-0.15, -0.1) is 5.10 Å². The van der Waals surface area contributed by atoms with Crippen molar-refractivity contribution in [3.8, 4) is 0 Å². The number of hydrogen-bond donors (Lipinski definition) is 2. The lowest BCUT2D eigenvalue weighted by Gasteiger charge is -2.28. The highest BCUT2D eigenvalue weighted by molar-refractivity contribution is 7.99. The van der Waals surface area contributed by atoms with Gasteiger partial charge in [-0.05, 0) is 23.8 Å². The average molecular weight is 326 g/mol. The quantitative estimate of drug-likeness (QED) is 0.568. The van der Waals surface area contributed by atoms with Gasteiger partial charge in [-0.1, -0.05) is 18.7 Å². The van der Waals surface area contributed by atoms with E-state index in [4.69, 9.17) is 4.74 Å². The van der Waals surface area contributed by atoms with Crippen molar-refractivity contribution in [3.05, 3.63) is 11.3 Å². The van der Waals surface area contributed by atoms with Gasteiger partial charge >= 0.3 is 12.0 Å². The Labute approximate surface area is 131 Å². The summed E-state index contributed by atoms with van der Waals surface area (Å²) in [6.45, 7) is 3.92. The zero-order valence-electron chi connectivity index (χ0n) is 12.6. The van der Waals surface area contributed by atoms with Gasteiger partial charge in [0.1, 0.15) is 0 Å². The third kappa shape index (κ3) is 3.56. The van der Waals surface area contributed by atoms with Gasteiger partial charge in [0.15, 0.2) is 0 Å². The summed E-state index contributed by atoms with van der Waals surface area (Å²) in [6.07, 6.45) is 0.598. The van der Waals surface area contributed by atoms with Gasteiger partial charge < -0.3 is 15.4 Å². The lowest BCUT2D eigenvalue weighted by Crippen LogP contribution is -2.50. The number of nitrogens with one attached hydrogen (secondary N) is 2. The molecular weight excluding hydrogens is 308 g/mol. The molecule has 2 N–H and O–H groups in total. The Bertz CT molecular complexity index is 599. The predicted molar refractivity (Wildman–Crippen MR) is 78.9 cm³/mol. The van der Waals surface area contributed by atoms with E-state index in [1.807, 2.05) is 6.92 Å². The van der Waals surface area contributed by atoms with Crippen LogP contribution in [0.5, 0.6) is 0 Å². The molecule has 0 radical (unpaired) electrons. The van der Waals surface area contributed by atoms with Crippen molar-refractivity contribution in [2.45, 2.75) is 31.5 Å². The first-order valence-electron chi connectivity index (χ1n) is 6.89. The fourth-order valence-corrected chi connectivity index (χ4v) is 2.87. The Morgan fingerprint density at radius 3 is 2.82 bits per heavy atom. The molecule has 1 aliphatic heterocycles. The zero-order valence-corrected chi connectivity index (χ0v) is 13.4. The summed E-state index contributed by atoms with van der Waals surface area (Å²) in [6, 6.07) is -0.687. The summed E-state index contributed by atoms with van der Waals surface area (Å²) in [5, 5.41) is 17.2. The molecule has 1 aromatic heterocycles. The van der Waals surface area contributed by atoms with E-state index in [9.17, 15) is 9.59 Å². The van der Waals surface area contributed by atoms with Gasteiger partial charge in [-0.3, -0.25) is 0 Å². The van der Waals surface area contributed by atoms with Crippen LogP contribution >= 0.6 is 11.8 Å². The number of thioether (sulfide) groups is 1. The molecular formula is C12H18N6O3S. The second-order valence-corrected chi connectivity index (χ2v) is 5.49. The molecule has 1 aromatic rings. The maximum atomic E-state index is 12.2. The molecule has 1 aliphatic rings. The maximum absolute atomic E-state index is 12.2. The molecule has 0 fully saturated rings. The second kappa shape index (κ2) is 7.25. The normalized spacial score (nSPS) is 18.0. The highest BCUT2D eigenvalue weighted by Crippen LogP contribution is 2.22. The summed E-state index contributed by atoms with van der Waals surface area (Å²) in [5.74, 6) is -0.0553. The topological polar surface area (TPSA) is 111 Å². The van der Waals surface area contributed by atoms with Gasteiger partial charge in [0.2, 0.25) is 5.16 Å². The van der Waals surface area contributed by atoms with Crippen LogP contribution < -0.4 is 10.6 Å². The summed E-state index contributed by atoms with van der Waals surface area (Å²) < 4.78 is 6.62. The number of amides is 2. The molecule has 0 aromatic carbocycles. The first-order valence-corrected chi connectivity index (χ1v) is 7.88. The Kier molecular flexibility index (Phi) is 5.36. The molecule has 0 bridgehead atoms. The van der Waals surface area contributed by atoms with Crippen LogP contribution in [0.15, 0.2) is 16.4 Å². The number of carbonyl (C=O) groups excluding carboxylic acids is 2. The number of urea groups is 1. The Balaban J connectivity index is 2.24. The Morgan fingerprint density at radius 2 is 2.23 bits per heavy atom. The molecule has 10 heteroatoms. The van der Waals surface area contributed by atoms with Crippen molar-refractivity contribution in [2.24, 2.45) is 7.05 Å². The Hall–Kier alpha value is -2.10. The second-order valence-electron chi connectivity index (χ2n) is 4.55. The summed E-state index contributed by atoms with van der Waals surface area (Å²) in [5.41, 5.74) is 0.980. The lowest BCUT2D eigenvalue weighted by molar-refractivity contribution is -0.139. The summed E-state index contributed by atoms with van der Waals surface area (Å²) in [4.78, 5) is 23.9. The van der Waals surface area contributed by atoms with E-state index in [0.29, 0.717) is 28.6 Å². The van der Waals surface area contributed by atoms with E-state index in [2.05, 4.69) is 26.2 Å². The minimum atomic E-state index is -0.423. The van der Waals surface area contributed by atoms with Crippen molar-refractivity contribution < 1.29 is 14.3 Å². The number of tetrazole rings is 1. The van der Waals surface area contributed by atoms with Gasteiger partial charge in [-0.25, -0.2) is 14.3 Å². The number of aromatic nitrogens is 4. The molecule has 0 saturated carbocycles. The number of ether oxygens (including phenoxy) is 1. The predicted octanol–water partition coefficient (Wildman–Crippen LogP) is 0.211. The maximum Gasteiger partial charge on any atom is 0.337 e. The summed E-state index contributed by atoms with van der Waals surface area (Å²) in [7, 11) is 1.72. The van der Waals surface area contributed by atoms with Crippen LogP contribution in [-0.2, 0) is 16.6 Å². The number of nitrogens with zero attached hydrogens (tertiary/aromatic N) is 4. The van der Waals surface area contributed by atoms with Crippen LogP contribution in [0, 0.1) is 0 Å². The molecule has 1 atom stereocenters. The molecule has 0 aliphatic carbocycles. The van der Waals surface area contributed by atoms with Gasteiger partial charge in [-0.2, -0.15) is 0 Å². The highest BCUT2D eigenvalue weighted by atomic mass is 32.2. The van der Waals surface area contributed by atoms with E-state index in [1.54, 1.807) is 14.0 Å². The van der Waals surface area contributed by atoms with Crippen molar-refractivity contribution in [1.29, 1.82) is 0 Å². The smallest absolute Gasteiger partial charge is 0.337 e. The number of rotatable bonds is 6. The van der Waals surface area contributed by atoms with Gasteiger partial charge in [0, 0.05) is 18.5 Å². The first kappa shape index (κ1) is 16.3. The first-order chi connectivity index (χ1) is 10.6. The minimum absolute atomic E-state index is 0.278. The average Bonchev–Trinajstić information content (AvgIpc) is 2.89. The monoisotopic (exact) mass is 326 g/mol. The lowest BCUT2D eigenvalue weighted by atomic mass is 10.0. The molecule has 0 saturated heterocycles. The van der Waals surface area contributed by atoms with Crippen molar-refractivity contribution >= 4 is 23.8 Å². The fourth-order valence-electron chi connectivity index (χ4n) is 2.06. The van der Waals surface area contributed by atoms with Crippen LogP contribution in [0.4, 0.5) is 4.79 Å². The standard InChI is InChI=1S/C12H18N6O3S/c1-4-7-9(10(19)21-5-2)8(14-11(20)13-7)6-22-12-15-16-17-18(12)3/h7H,4-6H2,1-3H3,(H2,13,14,20). The van der Waals surface area contributed by atoms with E-state index in [-0.39, 0.29) is 18.7 Å². The fraction of sp³-hybridized carbons (Fsp3) is 0.583. The minimum Gasteiger partial charge on any atom is -0.463 e. The SMILES string of the molecule is CCOC(=O)C1=C(CSc2nnnn2C)NC(=O)NC1CC. The summed E-state index contributed by atoms with van der Waals surface area (Å²) >= 11 is 1.33. The van der Waals surface area contributed by atoms with Crippen molar-refractivity contribution in [2.75, 3.05) is 12.4 Å². The van der Waals surface area contributed by atoms with E-state index >= 15 is 0 Å². The number of esters is 1. The Morgan fingerprint density at radius 1 is 1.45 bits per heavy atom. The van der Waals surface area contributed by atoms with Crippen LogP contribution in [0.2, 0.25) is 0 Å². The van der Waals surface area contributed by atoms with E-state index < -0.39 is 5.97 Å². The van der Waals surface area contributed by atoms with Crippen molar-refractivity contribution in [1.82, 2.24) is 30.8 Å². The molecule has 0 spiro atoms. The molecule has 120 valence electrons. The molecule has 2 heterocycles. The zero-order chi connectivity index (χ0) is 16.1. The van der Waals surface area contributed by atoms with Crippen LogP contribution in [0.25, 0.3) is 0 Å². The van der Waals surface area contributed by atoms with Crippen molar-refractivity contribution in [3.63, 3.8) is 0 Å². The molecule has 2 rings (SSSR count). The molecule has 22 heavy (non-hydrogen) atoms. The third-order valence-electron chi connectivity index (χ3n) is 3.07. The third-order valence-corrected chi connectivity index (χ3v) is 4.11. The van der Waals surface area contributed by atoms with Gasteiger partial charge in [0.05, 0.1) is 18.2 Å². The molecule has 9 nitrogen and oxygen atoms in total. The number of carbonyl (C=O) groups is 2. The van der Waals surface area contributed by atoms with Gasteiger partial charge in [0.25, 0.3) is 0 Å². The largest absolute Gasteiger partial charge is 0.463 e. The highest BCUT2D eigenvalue weighted by Gasteiger charge is 2.31. The van der Waals surface area contributed by atoms with E-state index in [0.717, 1.165) is 0 Å². The number of hydrogen-bond acceptors (Lipinski definition) is 7. The number of aryl methyl sites for hydroxylation is 1. The van der Waals surface area contributed by atoms with Crippen LogP contribution in [0.1, 0.15) is 20.3 Å². The van der Waals surface area contributed by atoms with E-state index in [1.165, 1.54) is 16.4 Å². The van der Waals surface area contributed by atoms with Crippen LogP contribution in [-0.4, -0.2) is 50.6 Å². The molecule has 1 unspecified atom stereocenters. The molecule has 2 amide bonds.